The van der Waals surface area contributed by atoms with Crippen LogP contribution in [0.4, 0.5) is 0 Å². The fraction of sp³-hybridized carbons (Fsp3) is 1.00. The SMILES string of the molecule is CCCCC(CC)CNCC1(COC)CCNCC1. The molecule has 2 N–H and O–H groups in total. The van der Waals surface area contributed by atoms with Gasteiger partial charge in [0.05, 0.1) is 6.61 Å². The van der Waals surface area contributed by atoms with Crippen molar-refractivity contribution in [1.29, 1.82) is 0 Å². The molecule has 3 nitrogen and oxygen atoms in total. The molecule has 1 saturated heterocycles. The van der Waals surface area contributed by atoms with Gasteiger partial charge in [0.2, 0.25) is 0 Å². The molecule has 1 fully saturated rings. The number of hydrogen-bond donors (Lipinski definition) is 2. The first kappa shape index (κ1) is 16.9. The van der Waals surface area contributed by atoms with Crippen LogP contribution < -0.4 is 10.6 Å². The van der Waals surface area contributed by atoms with Crippen molar-refractivity contribution in [2.24, 2.45) is 11.3 Å². The lowest BCUT2D eigenvalue weighted by atomic mass is 9.79. The fourth-order valence-corrected chi connectivity index (χ4v) is 3.12. The van der Waals surface area contributed by atoms with E-state index in [0.29, 0.717) is 5.41 Å². The summed E-state index contributed by atoms with van der Waals surface area (Å²) in [4.78, 5) is 0. The topological polar surface area (TPSA) is 33.3 Å². The van der Waals surface area contributed by atoms with Crippen molar-refractivity contribution < 1.29 is 4.74 Å². The molecule has 1 aliphatic rings. The van der Waals surface area contributed by atoms with Gasteiger partial charge in [0.25, 0.3) is 0 Å². The molecule has 1 unspecified atom stereocenters. The van der Waals surface area contributed by atoms with Crippen molar-refractivity contribution in [1.82, 2.24) is 10.6 Å². The van der Waals surface area contributed by atoms with Crippen LogP contribution in [0.25, 0.3) is 0 Å². The molecule has 114 valence electrons. The van der Waals surface area contributed by atoms with Crippen molar-refractivity contribution in [2.75, 3.05) is 39.9 Å². The summed E-state index contributed by atoms with van der Waals surface area (Å²) in [5.74, 6) is 0.848. The van der Waals surface area contributed by atoms with E-state index in [0.717, 1.165) is 32.2 Å². The van der Waals surface area contributed by atoms with Gasteiger partial charge in [-0.1, -0.05) is 33.1 Å². The van der Waals surface area contributed by atoms with Crippen molar-refractivity contribution in [3.8, 4) is 0 Å². The van der Waals surface area contributed by atoms with Crippen LogP contribution in [0.2, 0.25) is 0 Å². The molecule has 19 heavy (non-hydrogen) atoms. The molecule has 1 aliphatic heterocycles. The summed E-state index contributed by atoms with van der Waals surface area (Å²) < 4.78 is 5.47. The molecule has 0 aliphatic carbocycles. The van der Waals surface area contributed by atoms with Crippen LogP contribution in [-0.2, 0) is 4.74 Å². The lowest BCUT2D eigenvalue weighted by Gasteiger charge is -2.37. The summed E-state index contributed by atoms with van der Waals surface area (Å²) in [6.07, 6.45) is 7.83. The number of unbranched alkanes of at least 4 members (excludes halogenated alkanes) is 1. The maximum absolute atomic E-state index is 5.47. The number of rotatable bonds is 10. The molecular weight excluding hydrogens is 236 g/mol. The normalized spacial score (nSPS) is 20.4. The van der Waals surface area contributed by atoms with Gasteiger partial charge in [-0.25, -0.2) is 0 Å². The molecule has 1 heterocycles. The Balaban J connectivity index is 2.30. The molecule has 1 atom stereocenters. The van der Waals surface area contributed by atoms with Gasteiger partial charge in [-0.15, -0.1) is 0 Å². The first-order valence-electron chi connectivity index (χ1n) is 8.16. The predicted octanol–water partition coefficient (Wildman–Crippen LogP) is 2.81. The fourth-order valence-electron chi connectivity index (χ4n) is 3.12. The smallest absolute Gasteiger partial charge is 0.0531 e. The van der Waals surface area contributed by atoms with Crippen LogP contribution in [-0.4, -0.2) is 39.9 Å². The van der Waals surface area contributed by atoms with Crippen LogP contribution in [0, 0.1) is 11.3 Å². The zero-order valence-corrected chi connectivity index (χ0v) is 13.3. The Morgan fingerprint density at radius 2 is 2.00 bits per heavy atom. The number of hydrogen-bond acceptors (Lipinski definition) is 3. The van der Waals surface area contributed by atoms with Gasteiger partial charge in [-0.2, -0.15) is 0 Å². The Bertz CT molecular complexity index is 209. The molecule has 0 spiro atoms. The first-order valence-corrected chi connectivity index (χ1v) is 8.16. The monoisotopic (exact) mass is 270 g/mol. The Hall–Kier alpha value is -0.120. The Labute approximate surface area is 119 Å². The highest BCUT2D eigenvalue weighted by molar-refractivity contribution is 4.86. The Kier molecular flexibility index (Phi) is 8.67. The molecule has 0 saturated carbocycles. The van der Waals surface area contributed by atoms with Crippen LogP contribution in [0.5, 0.6) is 0 Å². The summed E-state index contributed by atoms with van der Waals surface area (Å²) >= 11 is 0. The lowest BCUT2D eigenvalue weighted by molar-refractivity contribution is 0.0528. The van der Waals surface area contributed by atoms with Gasteiger partial charge in [-0.05, 0) is 44.8 Å². The molecule has 0 aromatic heterocycles. The van der Waals surface area contributed by atoms with E-state index in [1.165, 1.54) is 45.1 Å². The molecule has 0 amide bonds. The Morgan fingerprint density at radius 1 is 1.26 bits per heavy atom. The molecule has 1 rings (SSSR count). The summed E-state index contributed by atoms with van der Waals surface area (Å²) in [5, 5.41) is 7.19. The first-order chi connectivity index (χ1) is 9.26. The summed E-state index contributed by atoms with van der Waals surface area (Å²) in [6.45, 7) is 10.1. The van der Waals surface area contributed by atoms with Gasteiger partial charge < -0.3 is 15.4 Å². The minimum Gasteiger partial charge on any atom is -0.384 e. The number of methoxy groups -OCH3 is 1. The molecule has 0 aromatic carbocycles. The minimum atomic E-state index is 0.364. The van der Waals surface area contributed by atoms with E-state index in [1.54, 1.807) is 0 Å². The second kappa shape index (κ2) is 9.73. The molecule has 3 heteroatoms. The van der Waals surface area contributed by atoms with E-state index in [4.69, 9.17) is 4.74 Å². The quantitative estimate of drug-likeness (QED) is 0.640. The van der Waals surface area contributed by atoms with E-state index in [2.05, 4.69) is 24.5 Å². The average Bonchev–Trinajstić information content (AvgIpc) is 2.44. The van der Waals surface area contributed by atoms with Gasteiger partial charge >= 0.3 is 0 Å². The maximum Gasteiger partial charge on any atom is 0.0531 e. The zero-order valence-electron chi connectivity index (χ0n) is 13.3. The third-order valence-corrected chi connectivity index (χ3v) is 4.59. The molecule has 0 aromatic rings. The predicted molar refractivity (Wildman–Crippen MR) is 82.6 cm³/mol. The third-order valence-electron chi connectivity index (χ3n) is 4.59. The van der Waals surface area contributed by atoms with Crippen LogP contribution >= 0.6 is 0 Å². The van der Waals surface area contributed by atoms with Gasteiger partial charge in [0.1, 0.15) is 0 Å². The summed E-state index contributed by atoms with van der Waals surface area (Å²) in [7, 11) is 1.83. The minimum absolute atomic E-state index is 0.364. The molecule has 0 bridgehead atoms. The highest BCUT2D eigenvalue weighted by Crippen LogP contribution is 2.28. The van der Waals surface area contributed by atoms with Gasteiger partial charge in [0, 0.05) is 19.1 Å². The molecule has 0 radical (unpaired) electrons. The maximum atomic E-state index is 5.47. The van der Waals surface area contributed by atoms with E-state index in [9.17, 15) is 0 Å². The highest BCUT2D eigenvalue weighted by Gasteiger charge is 2.31. The van der Waals surface area contributed by atoms with Crippen LogP contribution in [0.1, 0.15) is 52.4 Å². The van der Waals surface area contributed by atoms with E-state index in [-0.39, 0.29) is 0 Å². The Morgan fingerprint density at radius 3 is 2.58 bits per heavy atom. The average molecular weight is 270 g/mol. The van der Waals surface area contributed by atoms with Crippen molar-refractivity contribution in [2.45, 2.75) is 52.4 Å². The van der Waals surface area contributed by atoms with Crippen LogP contribution in [0.3, 0.4) is 0 Å². The molecular formula is C16H34N2O. The number of piperidine rings is 1. The standard InChI is InChI=1S/C16H34N2O/c1-4-6-7-15(5-2)12-18-13-16(14-19-3)8-10-17-11-9-16/h15,17-18H,4-14H2,1-3H3. The zero-order chi connectivity index (χ0) is 14.0. The number of nitrogens with one attached hydrogen (secondary N) is 2. The third kappa shape index (κ3) is 6.24. The van der Waals surface area contributed by atoms with Crippen LogP contribution in [0.15, 0.2) is 0 Å². The van der Waals surface area contributed by atoms with Crippen molar-refractivity contribution >= 4 is 0 Å². The largest absolute Gasteiger partial charge is 0.384 e. The van der Waals surface area contributed by atoms with Gasteiger partial charge in [-0.3, -0.25) is 0 Å². The van der Waals surface area contributed by atoms with E-state index >= 15 is 0 Å². The number of ether oxygens (including phenoxy) is 1. The van der Waals surface area contributed by atoms with Crippen molar-refractivity contribution in [3.05, 3.63) is 0 Å². The second-order valence-electron chi connectivity index (χ2n) is 6.23. The van der Waals surface area contributed by atoms with E-state index in [1.807, 2.05) is 7.11 Å². The second-order valence-corrected chi connectivity index (χ2v) is 6.23. The van der Waals surface area contributed by atoms with Gasteiger partial charge in [0.15, 0.2) is 0 Å². The summed E-state index contributed by atoms with van der Waals surface area (Å²) in [5.41, 5.74) is 0.364. The van der Waals surface area contributed by atoms with Crippen molar-refractivity contribution in [3.63, 3.8) is 0 Å². The summed E-state index contributed by atoms with van der Waals surface area (Å²) in [6, 6.07) is 0. The lowest BCUT2D eigenvalue weighted by Crippen LogP contribution is -2.46. The highest BCUT2D eigenvalue weighted by atomic mass is 16.5. The van der Waals surface area contributed by atoms with E-state index < -0.39 is 0 Å².